The number of ether oxygens (including phenoxy) is 1. The van der Waals surface area contributed by atoms with Crippen LogP contribution in [0, 0.1) is 7.14 Å². The van der Waals surface area contributed by atoms with Crippen molar-refractivity contribution in [1.29, 1.82) is 0 Å². The van der Waals surface area contributed by atoms with E-state index >= 15 is 0 Å². The fourth-order valence-electron chi connectivity index (χ4n) is 1.14. The zero-order valence-corrected chi connectivity index (χ0v) is 10.5. The quantitative estimate of drug-likeness (QED) is 0.381. The van der Waals surface area contributed by atoms with Crippen molar-refractivity contribution >= 4 is 57.1 Å². The Kier molecular flexibility index (Phi) is 2.30. The third-order valence-electron chi connectivity index (χ3n) is 1.70. The van der Waals surface area contributed by atoms with Crippen molar-refractivity contribution in [1.82, 2.24) is 0 Å². The van der Waals surface area contributed by atoms with Gasteiger partial charge in [-0.2, -0.15) is 0 Å². The van der Waals surface area contributed by atoms with Crippen LogP contribution >= 0.6 is 45.2 Å². The van der Waals surface area contributed by atoms with Gasteiger partial charge >= 0.3 is 11.9 Å². The highest BCUT2D eigenvalue weighted by Gasteiger charge is 2.33. The Morgan fingerprint density at radius 2 is 1.31 bits per heavy atom. The lowest BCUT2D eigenvalue weighted by Gasteiger charge is -1.97. The van der Waals surface area contributed by atoms with Crippen molar-refractivity contribution in [2.24, 2.45) is 0 Å². The normalized spacial score (nSPS) is 14.3. The predicted molar refractivity (Wildman–Crippen MR) is 61.6 cm³/mol. The number of esters is 2. The topological polar surface area (TPSA) is 43.4 Å². The van der Waals surface area contributed by atoms with Gasteiger partial charge in [-0.05, 0) is 57.3 Å². The summed E-state index contributed by atoms with van der Waals surface area (Å²) in [6.07, 6.45) is 0. The predicted octanol–water partition coefficient (Wildman–Crippen LogP) is 2.21. The molecular weight excluding hydrogens is 398 g/mol. The highest BCUT2D eigenvalue weighted by atomic mass is 127. The molecule has 1 aliphatic rings. The average molecular weight is 400 g/mol. The van der Waals surface area contributed by atoms with Gasteiger partial charge in [0.05, 0.1) is 11.1 Å². The number of fused-ring (bicyclic) bond motifs is 1. The molecule has 0 aliphatic carbocycles. The van der Waals surface area contributed by atoms with Gasteiger partial charge in [0.25, 0.3) is 0 Å². The van der Waals surface area contributed by atoms with Crippen LogP contribution in [0.1, 0.15) is 20.7 Å². The Morgan fingerprint density at radius 3 is 1.69 bits per heavy atom. The highest BCUT2D eigenvalue weighted by molar-refractivity contribution is 14.1. The van der Waals surface area contributed by atoms with Crippen molar-refractivity contribution in [3.05, 3.63) is 30.4 Å². The van der Waals surface area contributed by atoms with E-state index in [-0.39, 0.29) is 0 Å². The minimum Gasteiger partial charge on any atom is -0.386 e. The summed E-state index contributed by atoms with van der Waals surface area (Å²) >= 11 is 4.02. The summed E-state index contributed by atoms with van der Waals surface area (Å²) in [5.41, 5.74) is 0.801. The first kappa shape index (κ1) is 9.38. The largest absolute Gasteiger partial charge is 0.386 e. The Balaban J connectivity index is 2.81. The summed E-state index contributed by atoms with van der Waals surface area (Å²) in [6, 6.07) is 3.59. The highest BCUT2D eigenvalue weighted by Crippen LogP contribution is 2.28. The van der Waals surface area contributed by atoms with Crippen molar-refractivity contribution in [3.63, 3.8) is 0 Å². The number of carbonyl (C=O) groups is 2. The summed E-state index contributed by atoms with van der Waals surface area (Å²) in [4.78, 5) is 22.4. The van der Waals surface area contributed by atoms with Gasteiger partial charge < -0.3 is 4.74 Å². The summed E-state index contributed by atoms with van der Waals surface area (Å²) in [5.74, 6) is -1.08. The lowest BCUT2D eigenvalue weighted by Crippen LogP contribution is -1.97. The van der Waals surface area contributed by atoms with Gasteiger partial charge in [-0.3, -0.25) is 0 Å². The number of hydrogen-bond donors (Lipinski definition) is 0. The van der Waals surface area contributed by atoms with Gasteiger partial charge in [-0.1, -0.05) is 0 Å². The Bertz CT molecular complexity index is 387. The van der Waals surface area contributed by atoms with Crippen molar-refractivity contribution in [2.45, 2.75) is 0 Å². The molecule has 5 heteroatoms. The minimum absolute atomic E-state index is 0.400. The molecule has 1 heterocycles. The maximum Gasteiger partial charge on any atom is 0.348 e. The molecular formula is C8H2I2O3. The van der Waals surface area contributed by atoms with E-state index in [0.29, 0.717) is 11.1 Å². The molecule has 13 heavy (non-hydrogen) atoms. The first-order valence-electron chi connectivity index (χ1n) is 3.36. The van der Waals surface area contributed by atoms with Gasteiger partial charge in [0.15, 0.2) is 0 Å². The smallest absolute Gasteiger partial charge is 0.348 e. The van der Waals surface area contributed by atoms with Gasteiger partial charge in [0.2, 0.25) is 0 Å². The van der Waals surface area contributed by atoms with Crippen LogP contribution in [0.15, 0.2) is 12.1 Å². The second-order valence-electron chi connectivity index (χ2n) is 2.46. The zero-order chi connectivity index (χ0) is 9.59. The molecule has 0 N–H and O–H groups in total. The molecule has 66 valence electrons. The monoisotopic (exact) mass is 400 g/mol. The molecule has 0 aromatic heterocycles. The van der Waals surface area contributed by atoms with E-state index in [4.69, 9.17) is 0 Å². The van der Waals surface area contributed by atoms with Gasteiger partial charge in [-0.25, -0.2) is 9.59 Å². The molecule has 1 aromatic carbocycles. The van der Waals surface area contributed by atoms with Crippen LogP contribution in [0.5, 0.6) is 0 Å². The molecule has 0 radical (unpaired) electrons. The SMILES string of the molecule is O=C1OC(=O)c2c(I)ccc(I)c21. The maximum atomic E-state index is 11.2. The summed E-state index contributed by atoms with van der Waals surface area (Å²) in [5, 5.41) is 0. The fourth-order valence-corrected chi connectivity index (χ4v) is 2.48. The molecule has 0 fully saturated rings. The maximum absolute atomic E-state index is 11.2. The molecule has 0 unspecified atom stereocenters. The standard InChI is InChI=1S/C8H2I2O3/c9-3-1-2-4(10)6-5(3)7(11)13-8(6)12/h1-2H. The Hall–Kier alpha value is -0.180. The van der Waals surface area contributed by atoms with Gasteiger partial charge in [-0.15, -0.1) is 0 Å². The number of carbonyl (C=O) groups excluding carboxylic acids is 2. The third kappa shape index (κ3) is 1.37. The third-order valence-corrected chi connectivity index (χ3v) is 3.50. The summed E-state index contributed by atoms with van der Waals surface area (Å²) in [7, 11) is 0. The number of hydrogen-bond acceptors (Lipinski definition) is 3. The summed E-state index contributed by atoms with van der Waals surface area (Å²) in [6.45, 7) is 0. The lowest BCUT2D eigenvalue weighted by atomic mass is 10.1. The molecule has 0 saturated heterocycles. The summed E-state index contributed by atoms with van der Waals surface area (Å²) < 4.78 is 6.01. The van der Waals surface area contributed by atoms with Crippen LogP contribution in [0.4, 0.5) is 0 Å². The number of cyclic esters (lactones) is 2. The number of benzene rings is 1. The van der Waals surface area contributed by atoms with E-state index in [1.807, 2.05) is 45.2 Å². The van der Waals surface area contributed by atoms with Crippen LogP contribution in [0.25, 0.3) is 0 Å². The molecule has 0 atom stereocenters. The van der Waals surface area contributed by atoms with Crippen LogP contribution in [0.3, 0.4) is 0 Å². The van der Waals surface area contributed by atoms with Gasteiger partial charge in [0, 0.05) is 7.14 Å². The lowest BCUT2D eigenvalue weighted by molar-refractivity contribution is 0.0443. The minimum atomic E-state index is -0.539. The van der Waals surface area contributed by atoms with E-state index in [0.717, 1.165) is 7.14 Å². The van der Waals surface area contributed by atoms with E-state index in [1.54, 1.807) is 12.1 Å². The van der Waals surface area contributed by atoms with Crippen LogP contribution in [-0.4, -0.2) is 11.9 Å². The molecule has 3 nitrogen and oxygen atoms in total. The second kappa shape index (κ2) is 3.19. The molecule has 2 rings (SSSR count). The van der Waals surface area contributed by atoms with Gasteiger partial charge in [0.1, 0.15) is 0 Å². The van der Waals surface area contributed by atoms with Crippen LogP contribution < -0.4 is 0 Å². The van der Waals surface area contributed by atoms with E-state index in [1.165, 1.54) is 0 Å². The van der Waals surface area contributed by atoms with Crippen molar-refractivity contribution < 1.29 is 14.3 Å². The molecule has 1 aromatic rings. The van der Waals surface area contributed by atoms with Crippen molar-refractivity contribution in [2.75, 3.05) is 0 Å². The fraction of sp³-hybridized carbons (Fsp3) is 0. The zero-order valence-electron chi connectivity index (χ0n) is 6.14. The van der Waals surface area contributed by atoms with Crippen LogP contribution in [0.2, 0.25) is 0 Å². The average Bonchev–Trinajstić information content (AvgIpc) is 2.36. The van der Waals surface area contributed by atoms with E-state index in [9.17, 15) is 9.59 Å². The van der Waals surface area contributed by atoms with Crippen molar-refractivity contribution in [3.8, 4) is 0 Å². The number of rotatable bonds is 0. The first-order valence-corrected chi connectivity index (χ1v) is 5.51. The Labute approximate surface area is 101 Å². The first-order chi connectivity index (χ1) is 6.11. The molecule has 0 saturated carbocycles. The van der Waals surface area contributed by atoms with E-state index in [2.05, 4.69) is 4.74 Å². The molecule has 0 spiro atoms. The molecule has 1 aliphatic heterocycles. The molecule has 0 amide bonds. The van der Waals surface area contributed by atoms with Crippen LogP contribution in [-0.2, 0) is 4.74 Å². The number of halogens is 2. The molecule has 0 bridgehead atoms. The second-order valence-corrected chi connectivity index (χ2v) is 4.78. The Morgan fingerprint density at radius 1 is 0.923 bits per heavy atom. The van der Waals surface area contributed by atoms with E-state index < -0.39 is 11.9 Å².